The summed E-state index contributed by atoms with van der Waals surface area (Å²) in [7, 11) is 0. The Morgan fingerprint density at radius 2 is 1.53 bits per heavy atom. The third-order valence-electron chi connectivity index (χ3n) is 4.37. The van der Waals surface area contributed by atoms with E-state index in [0.717, 1.165) is 0 Å². The first-order valence-electron chi connectivity index (χ1n) is 9.80. The van der Waals surface area contributed by atoms with Crippen LogP contribution in [0.5, 0.6) is 0 Å². The van der Waals surface area contributed by atoms with Gasteiger partial charge in [0, 0.05) is 40.2 Å². The first-order chi connectivity index (χ1) is 14.1. The standard InChI is InChI=1S/C19H32N2O9/c1-11(22)21-17-16(27-8-7-26-6-5-20)9-15(10-28-12(2)23)18(29-13(3)24)19(17)30-14(4)25/h15-19H,5-10,20H2,1-4H3,(H,21,22). The zero-order chi connectivity index (χ0) is 22.7. The maximum Gasteiger partial charge on any atom is 0.303 e. The first-order valence-corrected chi connectivity index (χ1v) is 9.80. The Hall–Kier alpha value is -2.24. The molecule has 0 aromatic carbocycles. The molecule has 0 spiro atoms. The van der Waals surface area contributed by atoms with E-state index in [-0.39, 0.29) is 32.1 Å². The summed E-state index contributed by atoms with van der Waals surface area (Å²) in [6.07, 6.45) is -2.28. The molecule has 0 saturated heterocycles. The quantitative estimate of drug-likeness (QED) is 0.243. The fraction of sp³-hybridized carbons (Fsp3) is 0.789. The Bertz CT molecular complexity index is 599. The largest absolute Gasteiger partial charge is 0.465 e. The monoisotopic (exact) mass is 432 g/mol. The predicted molar refractivity (Wildman–Crippen MR) is 103 cm³/mol. The fourth-order valence-electron chi connectivity index (χ4n) is 3.36. The minimum atomic E-state index is -1.03. The van der Waals surface area contributed by atoms with Gasteiger partial charge in [0.05, 0.1) is 38.6 Å². The maximum atomic E-state index is 11.8. The number of hydrogen-bond donors (Lipinski definition) is 2. The van der Waals surface area contributed by atoms with Gasteiger partial charge in [-0.3, -0.25) is 19.2 Å². The van der Waals surface area contributed by atoms with E-state index in [1.165, 1.54) is 27.7 Å². The number of nitrogens with two attached hydrogens (primary N) is 1. The second-order valence-electron chi connectivity index (χ2n) is 6.98. The second kappa shape index (κ2) is 13.1. The highest BCUT2D eigenvalue weighted by molar-refractivity contribution is 5.73. The summed E-state index contributed by atoms with van der Waals surface area (Å²) in [6.45, 7) is 6.17. The zero-order valence-corrected chi connectivity index (χ0v) is 17.9. The van der Waals surface area contributed by atoms with Crippen molar-refractivity contribution in [3.63, 3.8) is 0 Å². The second-order valence-corrected chi connectivity index (χ2v) is 6.98. The Balaban J connectivity index is 3.13. The molecule has 1 aliphatic rings. The van der Waals surface area contributed by atoms with Crippen LogP contribution < -0.4 is 11.1 Å². The van der Waals surface area contributed by atoms with Gasteiger partial charge in [-0.2, -0.15) is 0 Å². The fourth-order valence-corrected chi connectivity index (χ4v) is 3.36. The van der Waals surface area contributed by atoms with Crippen molar-refractivity contribution in [1.82, 2.24) is 5.32 Å². The molecule has 0 aromatic heterocycles. The van der Waals surface area contributed by atoms with E-state index in [2.05, 4.69) is 5.32 Å². The van der Waals surface area contributed by atoms with Crippen LogP contribution in [0.4, 0.5) is 0 Å². The topological polar surface area (TPSA) is 152 Å². The highest BCUT2D eigenvalue weighted by atomic mass is 16.6. The number of rotatable bonds is 11. The highest BCUT2D eigenvalue weighted by Crippen LogP contribution is 2.32. The Morgan fingerprint density at radius 3 is 2.07 bits per heavy atom. The molecular weight excluding hydrogens is 400 g/mol. The molecule has 0 aliphatic heterocycles. The number of carbonyl (C=O) groups is 4. The molecule has 0 radical (unpaired) electrons. The van der Waals surface area contributed by atoms with E-state index in [1.807, 2.05) is 0 Å². The molecule has 172 valence electrons. The van der Waals surface area contributed by atoms with E-state index >= 15 is 0 Å². The van der Waals surface area contributed by atoms with Gasteiger partial charge >= 0.3 is 17.9 Å². The van der Waals surface area contributed by atoms with Gasteiger partial charge in [-0.05, 0) is 6.42 Å². The lowest BCUT2D eigenvalue weighted by atomic mass is 9.79. The van der Waals surface area contributed by atoms with Gasteiger partial charge in [-0.15, -0.1) is 0 Å². The van der Waals surface area contributed by atoms with Gasteiger partial charge in [0.15, 0.2) is 6.10 Å². The van der Waals surface area contributed by atoms with Gasteiger partial charge in [0.2, 0.25) is 5.91 Å². The Labute approximate surface area is 175 Å². The molecule has 1 aliphatic carbocycles. The molecular formula is C19H32N2O9. The molecule has 1 rings (SSSR count). The van der Waals surface area contributed by atoms with E-state index < -0.39 is 48.2 Å². The smallest absolute Gasteiger partial charge is 0.303 e. The lowest BCUT2D eigenvalue weighted by Gasteiger charge is -2.45. The van der Waals surface area contributed by atoms with Crippen molar-refractivity contribution < 1.29 is 42.9 Å². The van der Waals surface area contributed by atoms with Gasteiger partial charge in [-0.25, -0.2) is 0 Å². The molecule has 30 heavy (non-hydrogen) atoms. The molecule has 0 heterocycles. The van der Waals surface area contributed by atoms with Crippen molar-refractivity contribution >= 4 is 23.8 Å². The number of carbonyl (C=O) groups excluding carboxylic acids is 4. The third-order valence-corrected chi connectivity index (χ3v) is 4.37. The lowest BCUT2D eigenvalue weighted by Crippen LogP contribution is -2.63. The SMILES string of the molecule is CC(=O)NC1C(OCCOCCN)CC(COC(C)=O)C(OC(C)=O)C1OC(C)=O. The van der Waals surface area contributed by atoms with E-state index in [1.54, 1.807) is 0 Å². The molecule has 1 fully saturated rings. The summed E-state index contributed by atoms with van der Waals surface area (Å²) in [4.78, 5) is 46.6. The third kappa shape index (κ3) is 9.06. The lowest BCUT2D eigenvalue weighted by molar-refractivity contribution is -0.194. The van der Waals surface area contributed by atoms with Crippen LogP contribution in [0.15, 0.2) is 0 Å². The maximum absolute atomic E-state index is 11.8. The van der Waals surface area contributed by atoms with Crippen LogP contribution in [-0.2, 0) is 42.9 Å². The molecule has 11 heteroatoms. The Morgan fingerprint density at radius 1 is 0.900 bits per heavy atom. The van der Waals surface area contributed by atoms with Crippen LogP contribution >= 0.6 is 0 Å². The van der Waals surface area contributed by atoms with Gasteiger partial charge in [0.1, 0.15) is 6.10 Å². The normalized spacial score (nSPS) is 25.8. The summed E-state index contributed by atoms with van der Waals surface area (Å²) in [6, 6.07) is -0.779. The van der Waals surface area contributed by atoms with Crippen LogP contribution in [0.2, 0.25) is 0 Å². The number of esters is 3. The van der Waals surface area contributed by atoms with Crippen LogP contribution in [0.25, 0.3) is 0 Å². The molecule has 3 N–H and O–H groups in total. The average molecular weight is 432 g/mol. The van der Waals surface area contributed by atoms with Crippen molar-refractivity contribution in [3.8, 4) is 0 Å². The molecule has 1 amide bonds. The summed E-state index contributed by atoms with van der Waals surface area (Å²) in [5, 5.41) is 2.73. The molecule has 1 saturated carbocycles. The van der Waals surface area contributed by atoms with Gasteiger partial charge in [0.25, 0.3) is 0 Å². The van der Waals surface area contributed by atoms with Crippen LogP contribution in [0.3, 0.4) is 0 Å². The first kappa shape index (κ1) is 25.8. The summed E-state index contributed by atoms with van der Waals surface area (Å²) in [5.41, 5.74) is 5.38. The zero-order valence-electron chi connectivity index (χ0n) is 17.9. The van der Waals surface area contributed by atoms with E-state index in [9.17, 15) is 19.2 Å². The average Bonchev–Trinajstić information content (AvgIpc) is 2.63. The number of hydrogen-bond acceptors (Lipinski definition) is 10. The number of ether oxygens (including phenoxy) is 5. The Kier molecular flexibility index (Phi) is 11.3. The number of nitrogens with one attached hydrogen (secondary N) is 1. The van der Waals surface area contributed by atoms with Crippen molar-refractivity contribution in [2.75, 3.05) is 33.0 Å². The van der Waals surface area contributed by atoms with Crippen molar-refractivity contribution in [3.05, 3.63) is 0 Å². The predicted octanol–water partition coefficient (Wildman–Crippen LogP) is -0.702. The van der Waals surface area contributed by atoms with Gasteiger partial charge < -0.3 is 34.7 Å². The van der Waals surface area contributed by atoms with Crippen LogP contribution in [0.1, 0.15) is 34.1 Å². The van der Waals surface area contributed by atoms with Crippen LogP contribution in [-0.4, -0.2) is 81.1 Å². The van der Waals surface area contributed by atoms with Crippen molar-refractivity contribution in [1.29, 1.82) is 0 Å². The molecule has 0 bridgehead atoms. The highest BCUT2D eigenvalue weighted by Gasteiger charge is 2.50. The van der Waals surface area contributed by atoms with E-state index in [0.29, 0.717) is 13.2 Å². The molecule has 0 aromatic rings. The van der Waals surface area contributed by atoms with Crippen molar-refractivity contribution in [2.45, 2.75) is 58.5 Å². The summed E-state index contributed by atoms with van der Waals surface area (Å²) in [5.74, 6) is -2.60. The minimum absolute atomic E-state index is 0.0681. The molecule has 11 nitrogen and oxygen atoms in total. The van der Waals surface area contributed by atoms with Crippen molar-refractivity contribution in [2.24, 2.45) is 11.7 Å². The minimum Gasteiger partial charge on any atom is -0.465 e. The van der Waals surface area contributed by atoms with Gasteiger partial charge in [-0.1, -0.05) is 0 Å². The summed E-state index contributed by atoms with van der Waals surface area (Å²) >= 11 is 0. The van der Waals surface area contributed by atoms with Crippen LogP contribution in [0, 0.1) is 5.92 Å². The molecule has 5 atom stereocenters. The molecule has 5 unspecified atom stereocenters. The summed E-state index contributed by atoms with van der Waals surface area (Å²) < 4.78 is 27.2. The van der Waals surface area contributed by atoms with E-state index in [4.69, 9.17) is 29.4 Å². The number of amides is 1.